The molecule has 6 heteroatoms. The number of ether oxygens (including phenoxy) is 3. The third-order valence-corrected chi connectivity index (χ3v) is 15.0. The first-order valence-corrected chi connectivity index (χ1v) is 32.8. The molecule has 6 nitrogen and oxygen atoms in total. The van der Waals surface area contributed by atoms with Gasteiger partial charge >= 0.3 is 17.9 Å². The number of rotatable bonds is 61. The van der Waals surface area contributed by atoms with Crippen molar-refractivity contribution in [2.24, 2.45) is 0 Å². The lowest BCUT2D eigenvalue weighted by Crippen LogP contribution is -2.30. The topological polar surface area (TPSA) is 78.9 Å². The van der Waals surface area contributed by atoms with Crippen LogP contribution in [0.15, 0.2) is 24.3 Å². The highest BCUT2D eigenvalue weighted by Gasteiger charge is 2.19. The van der Waals surface area contributed by atoms with E-state index in [1.165, 1.54) is 263 Å². The van der Waals surface area contributed by atoms with Crippen molar-refractivity contribution >= 4 is 17.9 Å². The summed E-state index contributed by atoms with van der Waals surface area (Å²) in [6.07, 6.45) is 75.0. The quantitative estimate of drug-likeness (QED) is 0.0261. The Morgan fingerprint density at radius 3 is 0.753 bits per heavy atom. The summed E-state index contributed by atoms with van der Waals surface area (Å²) in [5.41, 5.74) is 0. The monoisotopic (exact) mass is 1030 g/mol. The fourth-order valence-electron chi connectivity index (χ4n) is 10.0. The molecule has 0 saturated carbocycles. The van der Waals surface area contributed by atoms with Gasteiger partial charge < -0.3 is 14.2 Å². The minimum atomic E-state index is -0.764. The van der Waals surface area contributed by atoms with E-state index in [1.54, 1.807) is 0 Å². The summed E-state index contributed by atoms with van der Waals surface area (Å²) >= 11 is 0. The van der Waals surface area contributed by atoms with Crippen LogP contribution >= 0.6 is 0 Å². The van der Waals surface area contributed by atoms with Crippen molar-refractivity contribution in [3.8, 4) is 0 Å². The van der Waals surface area contributed by atoms with Crippen LogP contribution in [0, 0.1) is 0 Å². The first kappa shape index (κ1) is 70.9. The number of esters is 3. The molecule has 73 heavy (non-hydrogen) atoms. The van der Waals surface area contributed by atoms with Gasteiger partial charge in [-0.2, -0.15) is 0 Å². The largest absolute Gasteiger partial charge is 0.462 e. The SMILES string of the molecule is CCCCCCC/C=C\C/C=C\CCCCCCCCCCCCCCCCCCCCCC(=O)OCC(COC(=O)CCCCCCCCCCCC)OC(=O)CCCCCCCCCCCCCCCC. The van der Waals surface area contributed by atoms with E-state index in [2.05, 4.69) is 45.1 Å². The summed E-state index contributed by atoms with van der Waals surface area (Å²) in [6.45, 7) is 6.68. The molecule has 0 heterocycles. The van der Waals surface area contributed by atoms with Gasteiger partial charge in [0.25, 0.3) is 0 Å². The number of carbonyl (C=O) groups is 3. The summed E-state index contributed by atoms with van der Waals surface area (Å²) in [5.74, 6) is -0.839. The Hall–Kier alpha value is -2.11. The lowest BCUT2D eigenvalue weighted by atomic mass is 10.0. The van der Waals surface area contributed by atoms with Gasteiger partial charge in [0.05, 0.1) is 0 Å². The second-order valence-electron chi connectivity index (χ2n) is 22.4. The van der Waals surface area contributed by atoms with Crippen molar-refractivity contribution in [3.05, 3.63) is 24.3 Å². The van der Waals surface area contributed by atoms with E-state index in [0.717, 1.165) is 64.2 Å². The van der Waals surface area contributed by atoms with Crippen molar-refractivity contribution in [2.75, 3.05) is 13.2 Å². The molecular weight excluding hydrogens is 901 g/mol. The van der Waals surface area contributed by atoms with Crippen LogP contribution in [0.1, 0.15) is 367 Å². The number of allylic oxidation sites excluding steroid dienone is 4. The van der Waals surface area contributed by atoms with Crippen LogP contribution in [0.4, 0.5) is 0 Å². The second kappa shape index (κ2) is 62.4. The summed E-state index contributed by atoms with van der Waals surface area (Å²) < 4.78 is 16.9. The molecule has 0 aromatic heterocycles. The van der Waals surface area contributed by atoms with Crippen molar-refractivity contribution < 1.29 is 28.6 Å². The number of unbranched alkanes of at least 4 members (excludes halogenated alkanes) is 46. The minimum absolute atomic E-state index is 0.0638. The van der Waals surface area contributed by atoms with Crippen LogP contribution in [0.2, 0.25) is 0 Å². The Kier molecular flexibility index (Phi) is 60.6. The van der Waals surface area contributed by atoms with Gasteiger partial charge in [-0.05, 0) is 51.4 Å². The van der Waals surface area contributed by atoms with Crippen molar-refractivity contribution in [2.45, 2.75) is 374 Å². The van der Waals surface area contributed by atoms with Gasteiger partial charge in [0, 0.05) is 19.3 Å². The second-order valence-corrected chi connectivity index (χ2v) is 22.4. The van der Waals surface area contributed by atoms with E-state index < -0.39 is 6.10 Å². The van der Waals surface area contributed by atoms with Gasteiger partial charge in [0.2, 0.25) is 0 Å². The van der Waals surface area contributed by atoms with E-state index in [-0.39, 0.29) is 31.1 Å². The molecule has 0 spiro atoms. The molecule has 0 aliphatic rings. The average molecular weight is 1030 g/mol. The molecular formula is C67H126O6. The molecule has 0 amide bonds. The van der Waals surface area contributed by atoms with Crippen LogP contribution in [-0.4, -0.2) is 37.2 Å². The average Bonchev–Trinajstić information content (AvgIpc) is 3.39. The maximum absolute atomic E-state index is 12.8. The van der Waals surface area contributed by atoms with Gasteiger partial charge in [0.1, 0.15) is 13.2 Å². The predicted octanol–water partition coefficient (Wildman–Crippen LogP) is 22.2. The third kappa shape index (κ3) is 60.6. The Morgan fingerprint density at radius 1 is 0.274 bits per heavy atom. The maximum atomic E-state index is 12.8. The van der Waals surface area contributed by atoms with Crippen LogP contribution in [0.25, 0.3) is 0 Å². The fraction of sp³-hybridized carbons (Fsp3) is 0.896. The summed E-state index contributed by atoms with van der Waals surface area (Å²) in [6, 6.07) is 0. The van der Waals surface area contributed by atoms with Crippen molar-refractivity contribution in [1.29, 1.82) is 0 Å². The van der Waals surface area contributed by atoms with E-state index in [9.17, 15) is 14.4 Å². The Balaban J connectivity index is 4.04. The summed E-state index contributed by atoms with van der Waals surface area (Å²) in [7, 11) is 0. The normalized spacial score (nSPS) is 12.1. The van der Waals surface area contributed by atoms with E-state index in [0.29, 0.717) is 19.3 Å². The molecule has 0 rings (SSSR count). The van der Waals surface area contributed by atoms with Crippen LogP contribution in [0.5, 0.6) is 0 Å². The third-order valence-electron chi connectivity index (χ3n) is 15.0. The molecule has 0 N–H and O–H groups in total. The first-order valence-electron chi connectivity index (χ1n) is 32.8. The molecule has 1 atom stereocenters. The molecule has 0 radical (unpaired) electrons. The molecule has 1 unspecified atom stereocenters. The van der Waals surface area contributed by atoms with Gasteiger partial charge in [-0.3, -0.25) is 14.4 Å². The highest BCUT2D eigenvalue weighted by molar-refractivity contribution is 5.71. The summed E-state index contributed by atoms with van der Waals surface area (Å²) in [5, 5.41) is 0. The number of hydrogen-bond donors (Lipinski definition) is 0. The van der Waals surface area contributed by atoms with E-state index in [1.807, 2.05) is 0 Å². The van der Waals surface area contributed by atoms with Gasteiger partial charge in [0.15, 0.2) is 6.10 Å². The number of hydrogen-bond acceptors (Lipinski definition) is 6. The molecule has 0 aliphatic carbocycles. The zero-order valence-corrected chi connectivity index (χ0v) is 49.4. The van der Waals surface area contributed by atoms with Crippen molar-refractivity contribution in [1.82, 2.24) is 0 Å². The van der Waals surface area contributed by atoms with Gasteiger partial charge in [-0.25, -0.2) is 0 Å². The highest BCUT2D eigenvalue weighted by atomic mass is 16.6. The predicted molar refractivity (Wildman–Crippen MR) is 316 cm³/mol. The Morgan fingerprint density at radius 2 is 0.493 bits per heavy atom. The smallest absolute Gasteiger partial charge is 0.306 e. The van der Waals surface area contributed by atoms with Crippen LogP contribution in [-0.2, 0) is 28.6 Å². The Bertz CT molecular complexity index is 1180. The van der Waals surface area contributed by atoms with Gasteiger partial charge in [-0.15, -0.1) is 0 Å². The molecule has 0 aromatic carbocycles. The van der Waals surface area contributed by atoms with E-state index in [4.69, 9.17) is 14.2 Å². The zero-order valence-electron chi connectivity index (χ0n) is 49.4. The molecule has 0 aliphatic heterocycles. The lowest BCUT2D eigenvalue weighted by Gasteiger charge is -2.18. The van der Waals surface area contributed by atoms with Crippen LogP contribution < -0.4 is 0 Å². The fourth-order valence-corrected chi connectivity index (χ4v) is 10.0. The highest BCUT2D eigenvalue weighted by Crippen LogP contribution is 2.18. The lowest BCUT2D eigenvalue weighted by molar-refractivity contribution is -0.167. The first-order chi connectivity index (χ1) is 36.0. The zero-order chi connectivity index (χ0) is 52.9. The molecule has 430 valence electrons. The van der Waals surface area contributed by atoms with Crippen LogP contribution in [0.3, 0.4) is 0 Å². The van der Waals surface area contributed by atoms with Crippen molar-refractivity contribution in [3.63, 3.8) is 0 Å². The number of carbonyl (C=O) groups excluding carboxylic acids is 3. The maximum Gasteiger partial charge on any atom is 0.306 e. The molecule has 0 fully saturated rings. The van der Waals surface area contributed by atoms with E-state index >= 15 is 0 Å². The molecule has 0 aromatic rings. The Labute approximate surface area is 455 Å². The molecule has 0 saturated heterocycles. The van der Waals surface area contributed by atoms with Gasteiger partial charge in [-0.1, -0.05) is 321 Å². The summed E-state index contributed by atoms with van der Waals surface area (Å²) in [4.78, 5) is 38.1. The standard InChI is InChI=1S/C67H126O6/c1-4-7-10-13-16-19-22-24-26-27-28-29-30-31-32-33-34-35-36-37-38-39-40-41-42-44-45-48-51-54-57-60-66(69)72-63-64(62-71-65(68)59-56-53-50-47-21-18-15-12-9-6-3)73-67(70)61-58-55-52-49-46-43-25-23-20-17-14-11-8-5-2/h22,24,27-28,64H,4-21,23,25-26,29-63H2,1-3H3/b24-22-,28-27-. The molecule has 0 bridgehead atoms. The minimum Gasteiger partial charge on any atom is -0.462 e.